The molecule has 0 atom stereocenters. The molecule has 3 N–H and O–H groups in total. The summed E-state index contributed by atoms with van der Waals surface area (Å²) in [6, 6.07) is 7.42. The number of amides is 2. The average molecular weight is 412 g/mol. The lowest BCUT2D eigenvalue weighted by atomic mass is 10.3. The number of carbonyl (C=O) groups excluding carboxylic acids is 2. The summed E-state index contributed by atoms with van der Waals surface area (Å²) in [6.07, 6.45) is 0.672. The smallest absolute Gasteiger partial charge is 0.234 e. The number of carbonyl (C=O) groups is 2. The molecule has 0 saturated heterocycles. The highest BCUT2D eigenvalue weighted by molar-refractivity contribution is 9.10. The van der Waals surface area contributed by atoms with Crippen molar-refractivity contribution in [3.8, 4) is 0 Å². The van der Waals surface area contributed by atoms with Crippen molar-refractivity contribution in [2.45, 2.75) is 31.5 Å². The van der Waals surface area contributed by atoms with Crippen molar-refractivity contribution in [3.05, 3.63) is 34.6 Å². The monoisotopic (exact) mass is 411 g/mol. The molecule has 1 aromatic heterocycles. The fourth-order valence-corrected chi connectivity index (χ4v) is 3.25. The van der Waals surface area contributed by atoms with E-state index in [1.807, 2.05) is 35.8 Å². The van der Waals surface area contributed by atoms with Gasteiger partial charge in [-0.1, -0.05) is 23.9 Å². The number of para-hydroxylation sites is 1. The number of nitrogens with two attached hydrogens (primary N) is 1. The molecule has 0 spiro atoms. The first kappa shape index (κ1) is 18.5. The molecule has 0 aliphatic rings. The lowest BCUT2D eigenvalue weighted by molar-refractivity contribution is -0.118. The average Bonchev–Trinajstić information content (AvgIpc) is 2.95. The second kappa shape index (κ2) is 8.84. The summed E-state index contributed by atoms with van der Waals surface area (Å²) in [6.45, 7) is 2.62. The fourth-order valence-electron chi connectivity index (χ4n) is 2.04. The Kier molecular flexibility index (Phi) is 6.80. The van der Waals surface area contributed by atoms with Crippen molar-refractivity contribution in [1.82, 2.24) is 14.8 Å². The van der Waals surface area contributed by atoms with E-state index in [0.29, 0.717) is 23.9 Å². The van der Waals surface area contributed by atoms with Crippen LogP contribution in [-0.4, -0.2) is 32.3 Å². The van der Waals surface area contributed by atoms with Gasteiger partial charge in [0.15, 0.2) is 5.16 Å². The van der Waals surface area contributed by atoms with Gasteiger partial charge in [-0.05, 0) is 35.0 Å². The molecule has 0 unspecified atom stereocenters. The maximum atomic E-state index is 12.1. The molecule has 2 amide bonds. The number of hydrogen-bond acceptors (Lipinski definition) is 5. The van der Waals surface area contributed by atoms with Crippen LogP contribution in [0.2, 0.25) is 0 Å². The number of halogens is 1. The highest BCUT2D eigenvalue weighted by Crippen LogP contribution is 2.22. The molecule has 0 saturated carbocycles. The summed E-state index contributed by atoms with van der Waals surface area (Å²) >= 11 is 4.70. The molecule has 0 aliphatic heterocycles. The van der Waals surface area contributed by atoms with Crippen LogP contribution < -0.4 is 11.1 Å². The Hall–Kier alpha value is -1.87. The van der Waals surface area contributed by atoms with Crippen LogP contribution in [0.25, 0.3) is 0 Å². The third-order valence-electron chi connectivity index (χ3n) is 3.18. The number of hydrogen-bond donors (Lipinski definition) is 2. The Morgan fingerprint density at radius 1 is 1.33 bits per heavy atom. The molecule has 128 valence electrons. The third-order valence-corrected chi connectivity index (χ3v) is 4.84. The van der Waals surface area contributed by atoms with Crippen molar-refractivity contribution < 1.29 is 9.59 Å². The predicted octanol–water partition coefficient (Wildman–Crippen LogP) is 2.21. The Balaban J connectivity index is 1.95. The quantitative estimate of drug-likeness (QED) is 0.648. The highest BCUT2D eigenvalue weighted by Gasteiger charge is 2.14. The van der Waals surface area contributed by atoms with Gasteiger partial charge in [-0.25, -0.2) is 0 Å². The minimum Gasteiger partial charge on any atom is -0.370 e. The van der Waals surface area contributed by atoms with E-state index in [0.717, 1.165) is 10.2 Å². The largest absolute Gasteiger partial charge is 0.370 e. The topological polar surface area (TPSA) is 103 Å². The molecule has 2 rings (SSSR count). The number of aryl methyl sites for hydroxylation is 1. The van der Waals surface area contributed by atoms with Gasteiger partial charge in [-0.3, -0.25) is 9.59 Å². The van der Waals surface area contributed by atoms with Gasteiger partial charge in [0.2, 0.25) is 11.8 Å². The molecule has 0 aliphatic carbocycles. The molecule has 0 radical (unpaired) electrons. The Labute approximate surface area is 152 Å². The third kappa shape index (κ3) is 5.07. The van der Waals surface area contributed by atoms with E-state index in [4.69, 9.17) is 5.73 Å². The van der Waals surface area contributed by atoms with Crippen molar-refractivity contribution in [2.24, 2.45) is 5.73 Å². The Morgan fingerprint density at radius 2 is 2.08 bits per heavy atom. The molecule has 9 heteroatoms. The van der Waals surface area contributed by atoms with Crippen LogP contribution in [0.5, 0.6) is 0 Å². The predicted molar refractivity (Wildman–Crippen MR) is 96.7 cm³/mol. The van der Waals surface area contributed by atoms with Crippen LogP contribution in [0, 0.1) is 0 Å². The second-order valence-electron chi connectivity index (χ2n) is 4.93. The first-order chi connectivity index (χ1) is 11.5. The van der Waals surface area contributed by atoms with E-state index < -0.39 is 0 Å². The lowest BCUT2D eigenvalue weighted by Crippen LogP contribution is -2.15. The van der Waals surface area contributed by atoms with Crippen LogP contribution in [0.15, 0.2) is 33.9 Å². The van der Waals surface area contributed by atoms with Crippen LogP contribution in [-0.2, 0) is 22.6 Å². The maximum absolute atomic E-state index is 12.1. The number of nitrogens with zero attached hydrogens (tertiary/aromatic N) is 3. The van der Waals surface area contributed by atoms with Gasteiger partial charge < -0.3 is 15.6 Å². The van der Waals surface area contributed by atoms with Crippen molar-refractivity contribution >= 4 is 45.2 Å². The van der Waals surface area contributed by atoms with Gasteiger partial charge in [0, 0.05) is 23.9 Å². The van der Waals surface area contributed by atoms with Gasteiger partial charge in [-0.2, -0.15) is 0 Å². The summed E-state index contributed by atoms with van der Waals surface area (Å²) in [5.41, 5.74) is 5.89. The van der Waals surface area contributed by atoms with Crippen LogP contribution in [0.4, 0.5) is 5.69 Å². The minimum atomic E-state index is -0.373. The zero-order valence-corrected chi connectivity index (χ0v) is 15.6. The van der Waals surface area contributed by atoms with Crippen molar-refractivity contribution in [1.29, 1.82) is 0 Å². The van der Waals surface area contributed by atoms with E-state index in [1.54, 1.807) is 0 Å². The maximum Gasteiger partial charge on any atom is 0.234 e. The van der Waals surface area contributed by atoms with E-state index in [-0.39, 0.29) is 24.0 Å². The number of nitrogens with one attached hydrogen (secondary N) is 1. The van der Waals surface area contributed by atoms with Crippen LogP contribution >= 0.6 is 27.7 Å². The summed E-state index contributed by atoms with van der Waals surface area (Å²) in [4.78, 5) is 23.0. The summed E-state index contributed by atoms with van der Waals surface area (Å²) in [7, 11) is 0. The Morgan fingerprint density at radius 3 is 2.75 bits per heavy atom. The zero-order chi connectivity index (χ0) is 17.5. The molecule has 7 nitrogen and oxygen atoms in total. The molecule has 24 heavy (non-hydrogen) atoms. The summed E-state index contributed by atoms with van der Waals surface area (Å²) < 4.78 is 2.72. The van der Waals surface area contributed by atoms with Crippen molar-refractivity contribution in [2.75, 3.05) is 11.1 Å². The molecule has 2 aromatic rings. The van der Waals surface area contributed by atoms with Gasteiger partial charge in [-0.15, -0.1) is 10.2 Å². The second-order valence-corrected chi connectivity index (χ2v) is 6.72. The van der Waals surface area contributed by atoms with Crippen LogP contribution in [0.1, 0.15) is 19.2 Å². The highest BCUT2D eigenvalue weighted by atomic mass is 79.9. The van der Waals surface area contributed by atoms with E-state index in [2.05, 4.69) is 31.4 Å². The van der Waals surface area contributed by atoms with Crippen molar-refractivity contribution in [3.63, 3.8) is 0 Å². The van der Waals surface area contributed by atoms with E-state index in [1.165, 1.54) is 11.8 Å². The van der Waals surface area contributed by atoms with Gasteiger partial charge in [0.05, 0.1) is 11.4 Å². The number of rotatable bonds is 8. The van der Waals surface area contributed by atoms with Gasteiger partial charge in [0.1, 0.15) is 5.82 Å². The van der Waals surface area contributed by atoms with E-state index in [9.17, 15) is 9.59 Å². The first-order valence-electron chi connectivity index (χ1n) is 7.38. The molecular weight excluding hydrogens is 394 g/mol. The normalized spacial score (nSPS) is 10.6. The Bertz CT molecular complexity index is 734. The number of anilines is 1. The SMILES string of the molecule is CCn1c(CCC(N)=O)nnc1SCC(=O)Nc1ccccc1Br. The zero-order valence-electron chi connectivity index (χ0n) is 13.2. The fraction of sp³-hybridized carbons (Fsp3) is 0.333. The summed E-state index contributed by atoms with van der Waals surface area (Å²) in [5.74, 6) is 0.416. The van der Waals surface area contributed by atoms with Gasteiger partial charge >= 0.3 is 0 Å². The lowest BCUT2D eigenvalue weighted by Gasteiger charge is -2.08. The standard InChI is InChI=1S/C15H18BrN5O2S/c1-2-21-13(8-7-12(17)22)19-20-15(21)24-9-14(23)18-11-6-4-3-5-10(11)16/h3-6H,2,7-9H2,1H3,(H2,17,22)(H,18,23). The number of primary amides is 1. The number of benzene rings is 1. The summed E-state index contributed by atoms with van der Waals surface area (Å²) in [5, 5.41) is 11.7. The first-order valence-corrected chi connectivity index (χ1v) is 9.16. The molecule has 0 bridgehead atoms. The molecule has 1 heterocycles. The molecular formula is C15H18BrN5O2S. The van der Waals surface area contributed by atoms with E-state index >= 15 is 0 Å². The van der Waals surface area contributed by atoms with Crippen LogP contribution in [0.3, 0.4) is 0 Å². The molecule has 1 aromatic carbocycles. The number of aromatic nitrogens is 3. The van der Waals surface area contributed by atoms with Gasteiger partial charge in [0.25, 0.3) is 0 Å². The molecule has 0 fully saturated rings. The minimum absolute atomic E-state index is 0.128. The number of thioether (sulfide) groups is 1.